The molecule has 5 heteroatoms. The van der Waals surface area contributed by atoms with Crippen LogP contribution in [0.2, 0.25) is 0 Å². The van der Waals surface area contributed by atoms with Crippen LogP contribution in [0.25, 0.3) is 0 Å². The monoisotopic (exact) mass is 402 g/mol. The first kappa shape index (κ1) is 17.5. The molecule has 5 unspecified atom stereocenters. The molecule has 3 aliphatic carbocycles. The lowest BCUT2D eigenvalue weighted by atomic mass is 9.44. The molecule has 5 nitrogen and oxygen atoms in total. The van der Waals surface area contributed by atoms with E-state index < -0.39 is 0 Å². The average Bonchev–Trinajstić information content (AvgIpc) is 3.14. The molecule has 2 saturated carbocycles. The van der Waals surface area contributed by atoms with Crippen molar-refractivity contribution in [3.05, 3.63) is 46.8 Å². The molecule has 4 bridgehead atoms. The molecule has 3 heterocycles. The summed E-state index contributed by atoms with van der Waals surface area (Å²) in [7, 11) is 0. The number of rotatable bonds is 1. The Bertz CT molecular complexity index is 1050. The van der Waals surface area contributed by atoms with E-state index in [2.05, 4.69) is 42.3 Å². The van der Waals surface area contributed by atoms with Gasteiger partial charge in [-0.2, -0.15) is 0 Å². The van der Waals surface area contributed by atoms with Crippen molar-refractivity contribution in [2.75, 3.05) is 18.0 Å². The zero-order valence-corrected chi connectivity index (χ0v) is 17.9. The summed E-state index contributed by atoms with van der Waals surface area (Å²) >= 11 is 0. The predicted molar refractivity (Wildman–Crippen MR) is 116 cm³/mol. The van der Waals surface area contributed by atoms with Crippen LogP contribution in [0.5, 0.6) is 5.75 Å². The third-order valence-corrected chi connectivity index (χ3v) is 9.53. The minimum absolute atomic E-state index is 0.191. The second-order valence-corrected chi connectivity index (χ2v) is 10.6. The lowest BCUT2D eigenvalue weighted by molar-refractivity contribution is -0.0264. The lowest BCUT2D eigenvalue weighted by Gasteiger charge is -2.64. The largest absolute Gasteiger partial charge is 0.508 e. The molecule has 5 aliphatic rings. The summed E-state index contributed by atoms with van der Waals surface area (Å²) in [4.78, 5) is 12.3. The second-order valence-electron chi connectivity index (χ2n) is 10.6. The lowest BCUT2D eigenvalue weighted by Crippen LogP contribution is -2.69. The van der Waals surface area contributed by atoms with Crippen LogP contribution < -0.4 is 10.2 Å². The third-order valence-electron chi connectivity index (χ3n) is 9.53. The molecule has 0 amide bonds. The summed E-state index contributed by atoms with van der Waals surface area (Å²) in [5.41, 5.74) is 5.60. The number of aromatic hydroxyl groups is 1. The minimum Gasteiger partial charge on any atom is -0.508 e. The number of nitrogens with zero attached hydrogens (tertiary/aromatic N) is 3. The topological polar surface area (TPSA) is 61.3 Å². The predicted octanol–water partition coefficient (Wildman–Crippen LogP) is 3.26. The first-order valence-electron chi connectivity index (χ1n) is 11.7. The maximum absolute atomic E-state index is 10.5. The molecule has 1 aromatic heterocycles. The highest BCUT2D eigenvalue weighted by Gasteiger charge is 2.75. The number of hydrogen-bond donors (Lipinski definition) is 2. The van der Waals surface area contributed by atoms with Crippen molar-refractivity contribution in [2.45, 2.75) is 63.5 Å². The maximum atomic E-state index is 10.5. The van der Waals surface area contributed by atoms with E-state index in [9.17, 15) is 5.11 Å². The zero-order chi connectivity index (χ0) is 20.3. The Kier molecular flexibility index (Phi) is 3.25. The van der Waals surface area contributed by atoms with E-state index in [1.807, 2.05) is 6.07 Å². The van der Waals surface area contributed by atoms with Gasteiger partial charge in [0.25, 0.3) is 0 Å². The van der Waals surface area contributed by atoms with Crippen molar-refractivity contribution >= 4 is 5.95 Å². The van der Waals surface area contributed by atoms with Crippen molar-refractivity contribution in [1.82, 2.24) is 15.3 Å². The van der Waals surface area contributed by atoms with E-state index in [0.29, 0.717) is 35.1 Å². The van der Waals surface area contributed by atoms with Crippen LogP contribution in [0.1, 0.15) is 48.2 Å². The Morgan fingerprint density at radius 2 is 1.97 bits per heavy atom. The van der Waals surface area contributed by atoms with Gasteiger partial charge in [-0.15, -0.1) is 0 Å². The van der Waals surface area contributed by atoms with Crippen LogP contribution in [0.15, 0.2) is 24.3 Å². The van der Waals surface area contributed by atoms with E-state index in [0.717, 1.165) is 36.8 Å². The molecule has 4 fully saturated rings. The van der Waals surface area contributed by atoms with E-state index in [1.165, 1.54) is 36.8 Å². The Morgan fingerprint density at radius 3 is 2.80 bits per heavy atom. The van der Waals surface area contributed by atoms with Gasteiger partial charge >= 0.3 is 0 Å². The Morgan fingerprint density at radius 1 is 1.13 bits per heavy atom. The van der Waals surface area contributed by atoms with E-state index in [4.69, 9.17) is 9.97 Å². The number of phenolic OH excluding ortho intramolecular Hbond substituents is 1. The number of anilines is 1. The van der Waals surface area contributed by atoms with Gasteiger partial charge in [-0.25, -0.2) is 9.97 Å². The Balaban J connectivity index is 1.41. The second kappa shape index (κ2) is 5.56. The normalized spacial score (nSPS) is 40.3. The number of phenols is 1. The number of aryl methyl sites for hydroxylation is 2. The van der Waals surface area contributed by atoms with Gasteiger partial charge in [0.1, 0.15) is 5.75 Å². The highest BCUT2D eigenvalue weighted by atomic mass is 16.3. The fourth-order valence-electron chi connectivity index (χ4n) is 8.96. The van der Waals surface area contributed by atoms with E-state index in [-0.39, 0.29) is 5.41 Å². The quantitative estimate of drug-likeness (QED) is 0.767. The molecular formula is C25H30N4O. The molecule has 2 N–H and O–H groups in total. The van der Waals surface area contributed by atoms with Crippen molar-refractivity contribution in [3.63, 3.8) is 0 Å². The Hall–Kier alpha value is -2.14. The number of fused-ring (bicyclic) bond motifs is 1. The summed E-state index contributed by atoms with van der Waals surface area (Å²) in [5, 5.41) is 14.4. The number of nitrogens with one attached hydrogen (secondary N) is 1. The number of aromatic nitrogens is 2. The highest BCUT2D eigenvalue weighted by Crippen LogP contribution is 2.74. The number of benzene rings is 1. The molecular weight excluding hydrogens is 372 g/mol. The van der Waals surface area contributed by atoms with Gasteiger partial charge in [0.2, 0.25) is 5.95 Å². The summed E-state index contributed by atoms with van der Waals surface area (Å²) in [5.74, 6) is 2.70. The first-order chi connectivity index (χ1) is 14.5. The summed E-state index contributed by atoms with van der Waals surface area (Å²) in [6.07, 6.45) is 6.14. The van der Waals surface area contributed by atoms with Gasteiger partial charge in [0.15, 0.2) is 0 Å². The molecule has 2 aromatic rings. The molecule has 6 atom stereocenters. The minimum atomic E-state index is 0.191. The van der Waals surface area contributed by atoms with Crippen LogP contribution in [-0.4, -0.2) is 40.2 Å². The van der Waals surface area contributed by atoms with Crippen molar-refractivity contribution in [1.29, 1.82) is 0 Å². The fraction of sp³-hybridized carbons (Fsp3) is 0.600. The SMILES string of the molecule is Cc1cc(C)nc(N2C[C@H]3CC45CCC2C3C42CCNC5Cc3ccc(O)cc32)n1. The van der Waals surface area contributed by atoms with Crippen molar-refractivity contribution in [2.24, 2.45) is 17.3 Å². The third kappa shape index (κ3) is 1.89. The van der Waals surface area contributed by atoms with Gasteiger partial charge in [-0.1, -0.05) is 6.07 Å². The smallest absolute Gasteiger partial charge is 0.226 e. The Labute approximate surface area is 177 Å². The summed E-state index contributed by atoms with van der Waals surface area (Å²) in [6, 6.07) is 9.38. The average molecular weight is 403 g/mol. The first-order valence-corrected chi connectivity index (χ1v) is 11.7. The molecule has 0 spiro atoms. The molecule has 0 radical (unpaired) electrons. The zero-order valence-electron chi connectivity index (χ0n) is 17.9. The summed E-state index contributed by atoms with van der Waals surface area (Å²) in [6.45, 7) is 6.34. The molecule has 7 rings (SSSR count). The molecule has 2 aliphatic heterocycles. The van der Waals surface area contributed by atoms with Gasteiger partial charge in [0.05, 0.1) is 0 Å². The number of piperidine rings is 1. The van der Waals surface area contributed by atoms with Gasteiger partial charge in [0, 0.05) is 35.4 Å². The van der Waals surface area contributed by atoms with Gasteiger partial charge < -0.3 is 15.3 Å². The molecule has 1 aromatic carbocycles. The van der Waals surface area contributed by atoms with E-state index >= 15 is 0 Å². The number of hydrogen-bond acceptors (Lipinski definition) is 5. The van der Waals surface area contributed by atoms with Crippen LogP contribution >= 0.6 is 0 Å². The fourth-order valence-corrected chi connectivity index (χ4v) is 8.96. The summed E-state index contributed by atoms with van der Waals surface area (Å²) < 4.78 is 0. The van der Waals surface area contributed by atoms with Crippen molar-refractivity contribution in [3.8, 4) is 5.75 Å². The van der Waals surface area contributed by atoms with E-state index in [1.54, 1.807) is 0 Å². The van der Waals surface area contributed by atoms with Crippen LogP contribution in [-0.2, 0) is 11.8 Å². The van der Waals surface area contributed by atoms with Crippen LogP contribution in [0.3, 0.4) is 0 Å². The van der Waals surface area contributed by atoms with Crippen molar-refractivity contribution < 1.29 is 5.11 Å². The van der Waals surface area contributed by atoms with Gasteiger partial charge in [-0.05, 0) is 99.1 Å². The molecule has 156 valence electrons. The molecule has 2 saturated heterocycles. The van der Waals surface area contributed by atoms with Gasteiger partial charge in [-0.3, -0.25) is 0 Å². The molecule has 30 heavy (non-hydrogen) atoms. The standard InChI is InChI=1S/C25H30N4O/c1-14-9-15(2)28-23(27-14)29-13-17-12-24-6-5-20(29)22(17)25(24)7-8-26-21(24)10-16-3-4-18(30)11-19(16)25/h3-4,9,11,17,20-22,26,30H,5-8,10,12-13H2,1-2H3/t17-,20?,21?,22?,24?,25?/m1/s1. The maximum Gasteiger partial charge on any atom is 0.226 e. The van der Waals surface area contributed by atoms with Crippen LogP contribution in [0, 0.1) is 31.1 Å². The highest BCUT2D eigenvalue weighted by molar-refractivity contribution is 5.53. The van der Waals surface area contributed by atoms with Crippen LogP contribution in [0.4, 0.5) is 5.95 Å².